The zero-order valence-corrected chi connectivity index (χ0v) is 6.81. The lowest BCUT2D eigenvalue weighted by Gasteiger charge is -1.90. The molecular formula is C8H6BrF. The van der Waals surface area contributed by atoms with Gasteiger partial charge in [0.1, 0.15) is 5.83 Å². The molecule has 10 heavy (non-hydrogen) atoms. The Balaban J connectivity index is 2.89. The molecular weight excluding hydrogens is 195 g/mol. The van der Waals surface area contributed by atoms with Crippen LogP contribution in [0.3, 0.4) is 0 Å². The molecule has 1 aliphatic rings. The molecule has 0 atom stereocenters. The summed E-state index contributed by atoms with van der Waals surface area (Å²) in [5, 5.41) is 0. The van der Waals surface area contributed by atoms with Gasteiger partial charge < -0.3 is 0 Å². The number of rotatable bonds is 0. The normalized spacial score (nSPS) is 29.0. The number of hydrogen-bond donors (Lipinski definition) is 0. The molecule has 0 spiro atoms. The molecule has 0 radical (unpaired) electrons. The molecule has 0 fully saturated rings. The van der Waals surface area contributed by atoms with Gasteiger partial charge in [0, 0.05) is 4.48 Å². The van der Waals surface area contributed by atoms with Gasteiger partial charge in [-0.05, 0) is 18.2 Å². The first-order valence-corrected chi connectivity index (χ1v) is 3.66. The molecule has 0 heterocycles. The highest BCUT2D eigenvalue weighted by molar-refractivity contribution is 9.11. The second kappa shape index (κ2) is 3.52. The molecule has 52 valence electrons. The van der Waals surface area contributed by atoms with Crippen LogP contribution in [0.1, 0.15) is 0 Å². The SMILES string of the molecule is FC1=CC(\Br)=C/C=C/C=C\1. The molecule has 0 N–H and O–H groups in total. The van der Waals surface area contributed by atoms with Crippen LogP contribution in [0.15, 0.2) is 46.8 Å². The van der Waals surface area contributed by atoms with Crippen LogP contribution in [0.5, 0.6) is 0 Å². The van der Waals surface area contributed by atoms with E-state index in [2.05, 4.69) is 15.9 Å². The second-order valence-corrected chi connectivity index (χ2v) is 2.74. The Hall–Kier alpha value is -0.630. The summed E-state index contributed by atoms with van der Waals surface area (Å²) >= 11 is 3.17. The predicted molar refractivity (Wildman–Crippen MR) is 44.5 cm³/mol. The van der Waals surface area contributed by atoms with Crippen molar-refractivity contribution in [3.63, 3.8) is 0 Å². The van der Waals surface area contributed by atoms with E-state index in [9.17, 15) is 4.39 Å². The van der Waals surface area contributed by atoms with Crippen LogP contribution in [0.4, 0.5) is 4.39 Å². The van der Waals surface area contributed by atoms with E-state index < -0.39 is 0 Å². The minimum absolute atomic E-state index is 0.243. The van der Waals surface area contributed by atoms with Crippen LogP contribution >= 0.6 is 15.9 Å². The van der Waals surface area contributed by atoms with Gasteiger partial charge in [0.15, 0.2) is 0 Å². The van der Waals surface area contributed by atoms with Crippen molar-refractivity contribution in [2.75, 3.05) is 0 Å². The fourth-order valence-electron chi connectivity index (χ4n) is 0.587. The smallest absolute Gasteiger partial charge is 0.124 e. The molecule has 2 heteroatoms. The first kappa shape index (κ1) is 7.48. The van der Waals surface area contributed by atoms with Gasteiger partial charge in [-0.3, -0.25) is 0 Å². The van der Waals surface area contributed by atoms with Crippen molar-refractivity contribution >= 4 is 15.9 Å². The maximum atomic E-state index is 12.5. The summed E-state index contributed by atoms with van der Waals surface area (Å²) < 4.78 is 13.3. The highest BCUT2D eigenvalue weighted by atomic mass is 79.9. The maximum absolute atomic E-state index is 12.5. The van der Waals surface area contributed by atoms with Crippen LogP contribution in [0, 0.1) is 0 Å². The van der Waals surface area contributed by atoms with Gasteiger partial charge in [-0.15, -0.1) is 0 Å². The van der Waals surface area contributed by atoms with E-state index >= 15 is 0 Å². The lowest BCUT2D eigenvalue weighted by atomic mass is 10.3. The topological polar surface area (TPSA) is 0 Å². The summed E-state index contributed by atoms with van der Waals surface area (Å²) in [4.78, 5) is 0. The molecule has 0 amide bonds. The molecule has 0 unspecified atom stereocenters. The number of hydrogen-bond acceptors (Lipinski definition) is 0. The maximum Gasteiger partial charge on any atom is 0.124 e. The van der Waals surface area contributed by atoms with Crippen molar-refractivity contribution < 1.29 is 4.39 Å². The van der Waals surface area contributed by atoms with Crippen LogP contribution in [0.2, 0.25) is 0 Å². The molecule has 0 saturated carbocycles. The van der Waals surface area contributed by atoms with Crippen molar-refractivity contribution in [1.29, 1.82) is 0 Å². The largest absolute Gasteiger partial charge is 0.207 e. The summed E-state index contributed by atoms with van der Waals surface area (Å²) in [6.07, 6.45) is 9.87. The third-order valence-corrected chi connectivity index (χ3v) is 1.50. The van der Waals surface area contributed by atoms with Crippen molar-refractivity contribution in [2.24, 2.45) is 0 Å². The average molecular weight is 201 g/mol. The van der Waals surface area contributed by atoms with Gasteiger partial charge >= 0.3 is 0 Å². The minimum Gasteiger partial charge on any atom is -0.207 e. The zero-order valence-electron chi connectivity index (χ0n) is 5.22. The summed E-state index contributed by atoms with van der Waals surface area (Å²) in [7, 11) is 0. The Morgan fingerprint density at radius 3 is 2.80 bits per heavy atom. The Labute approximate surface area is 67.6 Å². The van der Waals surface area contributed by atoms with E-state index in [-0.39, 0.29) is 5.83 Å². The number of halogens is 2. The molecule has 1 aliphatic carbocycles. The molecule has 0 bridgehead atoms. The highest BCUT2D eigenvalue weighted by Crippen LogP contribution is 2.13. The van der Waals surface area contributed by atoms with E-state index in [0.717, 1.165) is 4.48 Å². The summed E-state index contributed by atoms with van der Waals surface area (Å²) in [6.45, 7) is 0. The Morgan fingerprint density at radius 2 is 2.00 bits per heavy atom. The fraction of sp³-hybridized carbons (Fsp3) is 0. The van der Waals surface area contributed by atoms with Crippen LogP contribution in [-0.2, 0) is 0 Å². The van der Waals surface area contributed by atoms with Crippen molar-refractivity contribution in [1.82, 2.24) is 0 Å². The van der Waals surface area contributed by atoms with Crippen LogP contribution in [-0.4, -0.2) is 0 Å². The average Bonchev–Trinajstić information content (AvgIpc) is 1.83. The van der Waals surface area contributed by atoms with Crippen molar-refractivity contribution in [2.45, 2.75) is 0 Å². The van der Waals surface area contributed by atoms with Crippen LogP contribution < -0.4 is 0 Å². The number of allylic oxidation sites excluding steroid dienone is 8. The van der Waals surface area contributed by atoms with E-state index in [4.69, 9.17) is 0 Å². The van der Waals surface area contributed by atoms with Crippen LogP contribution in [0.25, 0.3) is 0 Å². The predicted octanol–water partition coefficient (Wildman–Crippen LogP) is 3.24. The standard InChI is InChI=1S/C8H6BrF/c9-7-4-2-1-3-5-8(10)6-7/h1-6H/b2-1+,3-1?,4-2?,5-3-,7-4+,7-6?,8-5?,8-6?. The minimum atomic E-state index is -0.243. The van der Waals surface area contributed by atoms with Crippen molar-refractivity contribution in [3.05, 3.63) is 46.8 Å². The lowest BCUT2D eigenvalue weighted by molar-refractivity contribution is 0.667. The van der Waals surface area contributed by atoms with Gasteiger partial charge in [-0.1, -0.05) is 34.2 Å². The Bertz CT molecular complexity index is 231. The van der Waals surface area contributed by atoms with E-state index in [1.54, 1.807) is 18.2 Å². The van der Waals surface area contributed by atoms with Gasteiger partial charge in [-0.25, -0.2) is 4.39 Å². The fourth-order valence-corrected chi connectivity index (χ4v) is 0.958. The van der Waals surface area contributed by atoms with E-state index in [1.165, 1.54) is 12.2 Å². The molecule has 0 nitrogen and oxygen atoms in total. The first-order chi connectivity index (χ1) is 4.79. The molecule has 0 aromatic rings. The Morgan fingerprint density at radius 1 is 1.20 bits per heavy atom. The zero-order chi connectivity index (χ0) is 7.40. The third-order valence-electron chi connectivity index (χ3n) is 1.01. The highest BCUT2D eigenvalue weighted by Gasteiger charge is 1.90. The van der Waals surface area contributed by atoms with Crippen molar-refractivity contribution in [3.8, 4) is 0 Å². The van der Waals surface area contributed by atoms with Gasteiger partial charge in [-0.2, -0.15) is 0 Å². The monoisotopic (exact) mass is 200 g/mol. The molecule has 0 aliphatic heterocycles. The molecule has 0 saturated heterocycles. The van der Waals surface area contributed by atoms with Gasteiger partial charge in [0.25, 0.3) is 0 Å². The van der Waals surface area contributed by atoms with Gasteiger partial charge in [0.05, 0.1) is 0 Å². The molecule has 1 rings (SSSR count). The summed E-state index contributed by atoms with van der Waals surface area (Å²) in [5.41, 5.74) is 0. The summed E-state index contributed by atoms with van der Waals surface area (Å²) in [6, 6.07) is 0. The Kier molecular flexibility index (Phi) is 2.63. The third kappa shape index (κ3) is 2.31. The quantitative estimate of drug-likeness (QED) is 0.564. The first-order valence-electron chi connectivity index (χ1n) is 2.87. The summed E-state index contributed by atoms with van der Waals surface area (Å²) in [5.74, 6) is -0.243. The lowest BCUT2D eigenvalue weighted by Crippen LogP contribution is -1.69. The van der Waals surface area contributed by atoms with E-state index in [1.807, 2.05) is 6.08 Å². The van der Waals surface area contributed by atoms with Gasteiger partial charge in [0.2, 0.25) is 0 Å². The second-order valence-electron chi connectivity index (χ2n) is 1.82. The van der Waals surface area contributed by atoms with E-state index in [0.29, 0.717) is 0 Å². The molecule has 0 aromatic heterocycles. The molecule has 0 aromatic carbocycles.